The van der Waals surface area contributed by atoms with Crippen molar-refractivity contribution in [2.45, 2.75) is 23.7 Å². The number of hydrogen-bond acceptors (Lipinski definition) is 6. The number of ether oxygens (including phenoxy) is 1. The smallest absolute Gasteiger partial charge is 0.224 e. The van der Waals surface area contributed by atoms with E-state index in [2.05, 4.69) is 26.8 Å². The van der Waals surface area contributed by atoms with Crippen LogP contribution in [0.4, 0.5) is 5.82 Å². The topological polar surface area (TPSA) is 51.1 Å². The van der Waals surface area contributed by atoms with E-state index in [1.54, 1.807) is 18.0 Å². The van der Waals surface area contributed by atoms with Crippen LogP contribution in [0.1, 0.15) is 12.6 Å². The maximum Gasteiger partial charge on any atom is 0.224 e. The Morgan fingerprint density at radius 2 is 2.32 bits per heavy atom. The molecule has 1 saturated heterocycles. The number of pyridine rings is 1. The molecule has 1 atom stereocenters. The molecule has 0 aliphatic carbocycles. The van der Waals surface area contributed by atoms with Crippen molar-refractivity contribution in [1.82, 2.24) is 15.0 Å². The van der Waals surface area contributed by atoms with Crippen LogP contribution in [0.15, 0.2) is 35.5 Å². The summed E-state index contributed by atoms with van der Waals surface area (Å²) in [4.78, 5) is 15.2. The van der Waals surface area contributed by atoms with Gasteiger partial charge in [-0.05, 0) is 30.7 Å². The fourth-order valence-electron chi connectivity index (χ4n) is 2.32. The number of hydrogen-bond donors (Lipinski definition) is 0. The van der Waals surface area contributed by atoms with Crippen molar-refractivity contribution in [2.24, 2.45) is 0 Å². The Morgan fingerprint density at radius 3 is 3.09 bits per heavy atom. The summed E-state index contributed by atoms with van der Waals surface area (Å²) in [6, 6.07) is 8.16. The zero-order chi connectivity index (χ0) is 15.4. The molecule has 2 aromatic heterocycles. The molecule has 3 heterocycles. The zero-order valence-electron chi connectivity index (χ0n) is 12.3. The highest BCUT2D eigenvalue weighted by Gasteiger charge is 2.21. The van der Waals surface area contributed by atoms with Crippen LogP contribution in [0.25, 0.3) is 0 Å². The average molecular weight is 337 g/mol. The third kappa shape index (κ3) is 3.88. The highest BCUT2D eigenvalue weighted by molar-refractivity contribution is 7.98. The maximum absolute atomic E-state index is 6.09. The fourth-order valence-corrected chi connectivity index (χ4v) is 3.27. The van der Waals surface area contributed by atoms with Crippen LogP contribution in [0.5, 0.6) is 0 Å². The number of morpholine rings is 1. The molecule has 116 valence electrons. The van der Waals surface area contributed by atoms with E-state index in [9.17, 15) is 0 Å². The first kappa shape index (κ1) is 15.5. The number of halogens is 1. The molecule has 1 aliphatic heterocycles. The maximum atomic E-state index is 6.09. The summed E-state index contributed by atoms with van der Waals surface area (Å²) in [5.74, 6) is 1.58. The average Bonchev–Trinajstić information content (AvgIpc) is 2.54. The Hall–Kier alpha value is -1.37. The molecule has 0 radical (unpaired) electrons. The lowest BCUT2D eigenvalue weighted by Gasteiger charge is -2.34. The molecule has 0 N–H and O–H groups in total. The van der Waals surface area contributed by atoms with Crippen molar-refractivity contribution >= 4 is 29.2 Å². The summed E-state index contributed by atoms with van der Waals surface area (Å²) in [7, 11) is 0. The molecule has 3 rings (SSSR count). The Morgan fingerprint density at radius 1 is 1.41 bits per heavy atom. The van der Waals surface area contributed by atoms with Gasteiger partial charge in [0.1, 0.15) is 5.82 Å². The van der Waals surface area contributed by atoms with Gasteiger partial charge < -0.3 is 9.64 Å². The minimum Gasteiger partial charge on any atom is -0.377 e. The molecule has 0 bridgehead atoms. The lowest BCUT2D eigenvalue weighted by Crippen LogP contribution is -2.44. The first-order valence-electron chi connectivity index (χ1n) is 7.14. The fraction of sp³-hybridized carbons (Fsp3) is 0.400. The van der Waals surface area contributed by atoms with Gasteiger partial charge in [-0.15, -0.1) is 11.8 Å². The van der Waals surface area contributed by atoms with Crippen LogP contribution < -0.4 is 4.90 Å². The van der Waals surface area contributed by atoms with Crippen molar-refractivity contribution in [3.8, 4) is 0 Å². The van der Waals surface area contributed by atoms with Crippen LogP contribution >= 0.6 is 23.4 Å². The zero-order valence-corrected chi connectivity index (χ0v) is 13.8. The lowest BCUT2D eigenvalue weighted by atomic mass is 10.2. The van der Waals surface area contributed by atoms with Crippen molar-refractivity contribution in [3.05, 3.63) is 41.4 Å². The Kier molecular flexibility index (Phi) is 5.12. The van der Waals surface area contributed by atoms with Crippen LogP contribution in [-0.2, 0) is 10.5 Å². The third-order valence-electron chi connectivity index (χ3n) is 3.41. The van der Waals surface area contributed by atoms with E-state index in [1.807, 2.05) is 24.3 Å². The standard InChI is InChI=1S/C15H17ClN4OS/c1-11-9-21-7-6-20(11)13-8-12(18-15(16)19-13)10-22-14-4-2-3-5-17-14/h2-5,8,11H,6-7,9-10H2,1H3/t11-/m0/s1. The SMILES string of the molecule is C[C@H]1COCCN1c1cc(CSc2ccccn2)nc(Cl)n1. The Labute approximate surface area is 139 Å². The van der Waals surface area contributed by atoms with Crippen molar-refractivity contribution in [3.63, 3.8) is 0 Å². The van der Waals surface area contributed by atoms with Crippen LogP contribution in [0.2, 0.25) is 5.28 Å². The summed E-state index contributed by atoms with van der Waals surface area (Å²) in [6.45, 7) is 4.36. The first-order valence-corrected chi connectivity index (χ1v) is 8.50. The van der Waals surface area contributed by atoms with E-state index in [0.717, 1.165) is 23.1 Å². The van der Waals surface area contributed by atoms with Gasteiger partial charge in [-0.2, -0.15) is 0 Å². The summed E-state index contributed by atoms with van der Waals surface area (Å²) >= 11 is 7.73. The number of aromatic nitrogens is 3. The van der Waals surface area contributed by atoms with E-state index < -0.39 is 0 Å². The summed E-state index contributed by atoms with van der Waals surface area (Å²) in [5.41, 5.74) is 0.907. The van der Waals surface area contributed by atoms with Gasteiger partial charge in [-0.3, -0.25) is 0 Å². The van der Waals surface area contributed by atoms with E-state index in [4.69, 9.17) is 16.3 Å². The van der Waals surface area contributed by atoms with Crippen molar-refractivity contribution < 1.29 is 4.74 Å². The van der Waals surface area contributed by atoms with E-state index >= 15 is 0 Å². The number of nitrogens with zero attached hydrogens (tertiary/aromatic N) is 4. The number of thioether (sulfide) groups is 1. The van der Waals surface area contributed by atoms with Gasteiger partial charge in [0.25, 0.3) is 0 Å². The highest BCUT2D eigenvalue weighted by Crippen LogP contribution is 2.24. The van der Waals surface area contributed by atoms with E-state index in [0.29, 0.717) is 19.0 Å². The monoisotopic (exact) mass is 336 g/mol. The van der Waals surface area contributed by atoms with Gasteiger partial charge in [0.05, 0.1) is 30.0 Å². The number of rotatable bonds is 4. The van der Waals surface area contributed by atoms with Gasteiger partial charge in [0.2, 0.25) is 5.28 Å². The molecule has 0 aromatic carbocycles. The van der Waals surface area contributed by atoms with Gasteiger partial charge in [0, 0.05) is 24.6 Å². The van der Waals surface area contributed by atoms with Gasteiger partial charge in [-0.25, -0.2) is 15.0 Å². The molecule has 0 saturated carbocycles. The van der Waals surface area contributed by atoms with Gasteiger partial charge in [-0.1, -0.05) is 6.07 Å². The molecule has 22 heavy (non-hydrogen) atoms. The van der Waals surface area contributed by atoms with Crippen LogP contribution in [0.3, 0.4) is 0 Å². The molecule has 0 unspecified atom stereocenters. The Balaban J connectivity index is 1.74. The normalized spacial score (nSPS) is 18.5. The molecular formula is C15H17ClN4OS. The molecule has 0 amide bonds. The second kappa shape index (κ2) is 7.26. The molecule has 0 spiro atoms. The second-order valence-electron chi connectivity index (χ2n) is 5.06. The molecule has 7 heteroatoms. The predicted octanol–water partition coefficient (Wildman–Crippen LogP) is 3.04. The summed E-state index contributed by atoms with van der Waals surface area (Å²) < 4.78 is 5.47. The largest absolute Gasteiger partial charge is 0.377 e. The van der Waals surface area contributed by atoms with Crippen molar-refractivity contribution in [1.29, 1.82) is 0 Å². The lowest BCUT2D eigenvalue weighted by molar-refractivity contribution is 0.0985. The molecule has 2 aromatic rings. The van der Waals surface area contributed by atoms with E-state index in [-0.39, 0.29) is 11.3 Å². The molecule has 1 aliphatic rings. The van der Waals surface area contributed by atoms with Gasteiger partial charge in [0.15, 0.2) is 0 Å². The summed E-state index contributed by atoms with van der Waals surface area (Å²) in [5, 5.41) is 1.26. The second-order valence-corrected chi connectivity index (χ2v) is 6.39. The van der Waals surface area contributed by atoms with Crippen LogP contribution in [0, 0.1) is 0 Å². The molecule has 5 nitrogen and oxygen atoms in total. The summed E-state index contributed by atoms with van der Waals surface area (Å²) in [6.07, 6.45) is 1.79. The van der Waals surface area contributed by atoms with Crippen molar-refractivity contribution in [2.75, 3.05) is 24.7 Å². The Bertz CT molecular complexity index is 628. The first-order chi connectivity index (χ1) is 10.7. The quantitative estimate of drug-likeness (QED) is 0.632. The highest BCUT2D eigenvalue weighted by atomic mass is 35.5. The number of anilines is 1. The van der Waals surface area contributed by atoms with Gasteiger partial charge >= 0.3 is 0 Å². The minimum atomic E-state index is 0.285. The van der Waals surface area contributed by atoms with Crippen LogP contribution in [-0.4, -0.2) is 40.8 Å². The molecular weight excluding hydrogens is 320 g/mol. The third-order valence-corrected chi connectivity index (χ3v) is 4.55. The minimum absolute atomic E-state index is 0.285. The molecule has 1 fully saturated rings. The predicted molar refractivity (Wildman–Crippen MR) is 88.5 cm³/mol. The van der Waals surface area contributed by atoms with E-state index in [1.165, 1.54) is 0 Å².